The molecule has 2 aromatic carbocycles. The topological polar surface area (TPSA) is 78.4 Å². The van der Waals surface area contributed by atoms with Gasteiger partial charge in [-0.25, -0.2) is 4.98 Å². The number of oxazole rings is 1. The zero-order valence-corrected chi connectivity index (χ0v) is 10.8. The van der Waals surface area contributed by atoms with Crippen molar-refractivity contribution >= 4 is 17.0 Å². The molecule has 0 atom stereocenters. The maximum Gasteiger partial charge on any atom is 0.249 e. The number of nitrogens with zero attached hydrogens (tertiary/aromatic N) is 1. The number of rotatable bonds is 3. The van der Waals surface area contributed by atoms with E-state index in [-0.39, 0.29) is 0 Å². The lowest BCUT2D eigenvalue weighted by atomic mass is 10.1. The van der Waals surface area contributed by atoms with Crippen LogP contribution in [-0.4, -0.2) is 18.0 Å². The van der Waals surface area contributed by atoms with Crippen LogP contribution in [0.4, 0.5) is 0 Å². The van der Waals surface area contributed by atoms with Crippen LogP contribution in [0.15, 0.2) is 46.9 Å². The number of carbonyl (C=O) groups excluding carboxylic acids is 1. The number of hydrogen-bond donors (Lipinski definition) is 1. The molecule has 0 fully saturated rings. The van der Waals surface area contributed by atoms with Crippen LogP contribution in [0, 0.1) is 0 Å². The average Bonchev–Trinajstić information content (AvgIpc) is 2.89. The first kappa shape index (κ1) is 12.2. The van der Waals surface area contributed by atoms with Gasteiger partial charge in [0.15, 0.2) is 5.58 Å². The minimum absolute atomic E-state index is 0.364. The van der Waals surface area contributed by atoms with E-state index in [9.17, 15) is 4.79 Å². The largest absolute Gasteiger partial charge is 0.497 e. The van der Waals surface area contributed by atoms with Crippen molar-refractivity contribution in [1.29, 1.82) is 0 Å². The summed E-state index contributed by atoms with van der Waals surface area (Å²) in [5, 5.41) is 0. The van der Waals surface area contributed by atoms with Crippen molar-refractivity contribution < 1.29 is 13.9 Å². The summed E-state index contributed by atoms with van der Waals surface area (Å²) in [6.45, 7) is 0. The Morgan fingerprint density at radius 2 is 2.05 bits per heavy atom. The highest BCUT2D eigenvalue weighted by atomic mass is 16.5. The fraction of sp³-hybridized carbons (Fsp3) is 0.0667. The number of aromatic nitrogens is 1. The third kappa shape index (κ3) is 1.99. The van der Waals surface area contributed by atoms with Gasteiger partial charge in [-0.1, -0.05) is 12.1 Å². The van der Waals surface area contributed by atoms with Crippen molar-refractivity contribution in [2.45, 2.75) is 0 Å². The van der Waals surface area contributed by atoms with Crippen LogP contribution in [0.25, 0.3) is 22.6 Å². The SMILES string of the molecule is COc1ccc2oc(-c3ccccc3C(N)=O)nc2c1. The molecule has 3 aromatic rings. The number of methoxy groups -OCH3 is 1. The van der Waals surface area contributed by atoms with Crippen molar-refractivity contribution in [3.05, 3.63) is 48.0 Å². The van der Waals surface area contributed by atoms with Crippen molar-refractivity contribution in [3.63, 3.8) is 0 Å². The minimum atomic E-state index is -0.513. The minimum Gasteiger partial charge on any atom is -0.497 e. The van der Waals surface area contributed by atoms with Crippen LogP contribution in [0.3, 0.4) is 0 Å². The second-order valence-corrected chi connectivity index (χ2v) is 4.26. The highest BCUT2D eigenvalue weighted by molar-refractivity contribution is 5.99. The number of primary amides is 1. The Morgan fingerprint density at radius 1 is 1.25 bits per heavy atom. The Morgan fingerprint density at radius 3 is 2.80 bits per heavy atom. The molecule has 0 spiro atoms. The molecule has 0 bridgehead atoms. The van der Waals surface area contributed by atoms with Gasteiger partial charge < -0.3 is 14.9 Å². The number of amides is 1. The van der Waals surface area contributed by atoms with Gasteiger partial charge in [0.05, 0.1) is 12.7 Å². The van der Waals surface area contributed by atoms with Gasteiger partial charge >= 0.3 is 0 Å². The molecule has 1 aromatic heterocycles. The van der Waals surface area contributed by atoms with Crippen LogP contribution in [0.1, 0.15) is 10.4 Å². The van der Waals surface area contributed by atoms with Crippen LogP contribution in [0.2, 0.25) is 0 Å². The zero-order chi connectivity index (χ0) is 14.1. The molecule has 0 aliphatic heterocycles. The van der Waals surface area contributed by atoms with Crippen LogP contribution < -0.4 is 10.5 Å². The third-order valence-electron chi connectivity index (χ3n) is 3.02. The van der Waals surface area contributed by atoms with E-state index < -0.39 is 5.91 Å². The van der Waals surface area contributed by atoms with Crippen molar-refractivity contribution in [3.8, 4) is 17.2 Å². The predicted octanol–water partition coefficient (Wildman–Crippen LogP) is 2.60. The van der Waals surface area contributed by atoms with E-state index in [1.54, 1.807) is 49.6 Å². The molecule has 1 amide bonds. The molecule has 20 heavy (non-hydrogen) atoms. The summed E-state index contributed by atoms with van der Waals surface area (Å²) in [7, 11) is 1.59. The number of fused-ring (bicyclic) bond motifs is 1. The summed E-state index contributed by atoms with van der Waals surface area (Å²) in [5.41, 5.74) is 7.61. The maximum atomic E-state index is 11.4. The Kier molecular flexibility index (Phi) is 2.87. The average molecular weight is 268 g/mol. The third-order valence-corrected chi connectivity index (χ3v) is 3.02. The highest BCUT2D eigenvalue weighted by Gasteiger charge is 2.15. The molecular formula is C15H12N2O3. The standard InChI is InChI=1S/C15H12N2O3/c1-19-9-6-7-13-12(8-9)17-15(20-13)11-5-3-2-4-10(11)14(16)18/h2-8H,1H3,(H2,16,18). The smallest absolute Gasteiger partial charge is 0.249 e. The molecule has 2 N–H and O–H groups in total. The molecule has 0 unspecified atom stereocenters. The van der Waals surface area contributed by atoms with Gasteiger partial charge in [0.1, 0.15) is 11.3 Å². The first-order chi connectivity index (χ1) is 9.69. The monoisotopic (exact) mass is 268 g/mol. The van der Waals surface area contributed by atoms with Crippen molar-refractivity contribution in [1.82, 2.24) is 4.98 Å². The van der Waals surface area contributed by atoms with E-state index in [0.29, 0.717) is 33.9 Å². The van der Waals surface area contributed by atoms with E-state index in [1.807, 2.05) is 0 Å². The van der Waals surface area contributed by atoms with E-state index in [0.717, 1.165) is 0 Å². The fourth-order valence-electron chi connectivity index (χ4n) is 2.03. The van der Waals surface area contributed by atoms with Gasteiger partial charge in [-0.15, -0.1) is 0 Å². The fourth-order valence-corrected chi connectivity index (χ4v) is 2.03. The maximum absolute atomic E-state index is 11.4. The Balaban J connectivity index is 2.18. The van der Waals surface area contributed by atoms with E-state index in [2.05, 4.69) is 4.98 Å². The molecule has 0 aliphatic rings. The number of nitrogens with two attached hydrogens (primary N) is 1. The van der Waals surface area contributed by atoms with Gasteiger partial charge in [-0.05, 0) is 24.3 Å². The summed E-state index contributed by atoms with van der Waals surface area (Å²) >= 11 is 0. The summed E-state index contributed by atoms with van der Waals surface area (Å²) in [4.78, 5) is 15.8. The highest BCUT2D eigenvalue weighted by Crippen LogP contribution is 2.28. The summed E-state index contributed by atoms with van der Waals surface area (Å²) in [5.74, 6) is 0.545. The number of ether oxygens (including phenoxy) is 1. The summed E-state index contributed by atoms with van der Waals surface area (Å²) < 4.78 is 10.8. The number of benzene rings is 2. The molecule has 5 nitrogen and oxygen atoms in total. The summed E-state index contributed by atoms with van der Waals surface area (Å²) in [6.07, 6.45) is 0. The molecule has 0 aliphatic carbocycles. The Hall–Kier alpha value is -2.82. The lowest BCUT2D eigenvalue weighted by Crippen LogP contribution is -2.12. The molecule has 0 saturated heterocycles. The normalized spacial score (nSPS) is 10.7. The van der Waals surface area contributed by atoms with Gasteiger partial charge in [0, 0.05) is 11.6 Å². The second-order valence-electron chi connectivity index (χ2n) is 4.26. The lowest BCUT2D eigenvalue weighted by molar-refractivity contribution is 0.100. The molecular weight excluding hydrogens is 256 g/mol. The molecule has 0 radical (unpaired) electrons. The van der Waals surface area contributed by atoms with Crippen LogP contribution in [-0.2, 0) is 0 Å². The van der Waals surface area contributed by atoms with Crippen molar-refractivity contribution in [2.24, 2.45) is 5.73 Å². The Labute approximate surface area is 115 Å². The Bertz CT molecular complexity index is 793. The number of carbonyl (C=O) groups is 1. The van der Waals surface area contributed by atoms with Crippen LogP contribution in [0.5, 0.6) is 5.75 Å². The number of hydrogen-bond acceptors (Lipinski definition) is 4. The molecule has 0 saturated carbocycles. The molecule has 1 heterocycles. The van der Waals surface area contributed by atoms with Gasteiger partial charge in [0.25, 0.3) is 0 Å². The van der Waals surface area contributed by atoms with Crippen molar-refractivity contribution in [2.75, 3.05) is 7.11 Å². The van der Waals surface area contributed by atoms with Gasteiger partial charge in [0.2, 0.25) is 11.8 Å². The quantitative estimate of drug-likeness (QED) is 0.792. The molecule has 3 rings (SSSR count). The first-order valence-corrected chi connectivity index (χ1v) is 6.03. The molecule has 5 heteroatoms. The predicted molar refractivity (Wildman–Crippen MR) is 74.5 cm³/mol. The summed E-state index contributed by atoms with van der Waals surface area (Å²) in [6, 6.07) is 12.3. The van der Waals surface area contributed by atoms with E-state index in [1.165, 1.54) is 0 Å². The first-order valence-electron chi connectivity index (χ1n) is 6.03. The lowest BCUT2D eigenvalue weighted by Gasteiger charge is -2.01. The van der Waals surface area contributed by atoms with E-state index >= 15 is 0 Å². The zero-order valence-electron chi connectivity index (χ0n) is 10.8. The van der Waals surface area contributed by atoms with Crippen LogP contribution >= 0.6 is 0 Å². The second kappa shape index (κ2) is 4.70. The van der Waals surface area contributed by atoms with E-state index in [4.69, 9.17) is 14.9 Å². The van der Waals surface area contributed by atoms with Gasteiger partial charge in [-0.3, -0.25) is 4.79 Å². The molecule has 100 valence electrons. The van der Waals surface area contributed by atoms with Gasteiger partial charge in [-0.2, -0.15) is 0 Å².